The van der Waals surface area contributed by atoms with Crippen molar-refractivity contribution in [3.63, 3.8) is 0 Å². The van der Waals surface area contributed by atoms with Gasteiger partial charge in [-0.25, -0.2) is 8.78 Å². The van der Waals surface area contributed by atoms with Crippen LogP contribution in [0.2, 0.25) is 0 Å². The first-order valence-corrected chi connectivity index (χ1v) is 8.82. The van der Waals surface area contributed by atoms with Gasteiger partial charge in [-0.3, -0.25) is 9.69 Å². The van der Waals surface area contributed by atoms with Crippen LogP contribution in [0.25, 0.3) is 0 Å². The zero-order valence-corrected chi connectivity index (χ0v) is 14.9. The van der Waals surface area contributed by atoms with Crippen molar-refractivity contribution in [3.05, 3.63) is 35.4 Å². The molecule has 2 aliphatic heterocycles. The van der Waals surface area contributed by atoms with Gasteiger partial charge >= 0.3 is 0 Å². The Morgan fingerprint density at radius 2 is 1.92 bits per heavy atom. The third kappa shape index (κ3) is 3.66. The van der Waals surface area contributed by atoms with E-state index in [1.54, 1.807) is 6.07 Å². The average molecular weight is 372 g/mol. The summed E-state index contributed by atoms with van der Waals surface area (Å²) in [5.74, 6) is -1.85. The Balaban J connectivity index is 0.00000182. The largest absolute Gasteiger partial charge is 0.341 e. The number of rotatable bonds is 3. The van der Waals surface area contributed by atoms with Gasteiger partial charge in [0.05, 0.1) is 0 Å². The van der Waals surface area contributed by atoms with E-state index in [4.69, 9.17) is 0 Å². The Morgan fingerprint density at radius 3 is 2.68 bits per heavy atom. The number of nitrogens with one attached hydrogen (secondary N) is 1. The number of amides is 1. The van der Waals surface area contributed by atoms with Crippen LogP contribution in [0.5, 0.6) is 0 Å². The number of halogens is 3. The van der Waals surface area contributed by atoms with Crippen molar-refractivity contribution < 1.29 is 13.6 Å². The average Bonchev–Trinajstić information content (AvgIpc) is 3.24. The quantitative estimate of drug-likeness (QED) is 0.882. The van der Waals surface area contributed by atoms with Crippen molar-refractivity contribution in [2.45, 2.75) is 24.8 Å². The van der Waals surface area contributed by atoms with Gasteiger partial charge < -0.3 is 10.2 Å². The molecule has 1 aromatic carbocycles. The van der Waals surface area contributed by atoms with E-state index in [-0.39, 0.29) is 30.2 Å². The highest BCUT2D eigenvalue weighted by atomic mass is 35.5. The fraction of sp³-hybridized carbons (Fsp3) is 0.611. The maximum absolute atomic E-state index is 13.9. The molecule has 3 aliphatic rings. The molecule has 3 fully saturated rings. The second kappa shape index (κ2) is 7.56. The number of likely N-dealkylation sites (tertiary alicyclic amines) is 1. The lowest BCUT2D eigenvalue weighted by Gasteiger charge is -2.32. The molecule has 1 saturated carbocycles. The van der Waals surface area contributed by atoms with E-state index in [1.165, 1.54) is 6.07 Å². The topological polar surface area (TPSA) is 35.6 Å². The van der Waals surface area contributed by atoms with Gasteiger partial charge in [-0.05, 0) is 30.4 Å². The molecule has 3 atom stereocenters. The molecule has 2 heterocycles. The highest BCUT2D eigenvalue weighted by molar-refractivity contribution is 5.85. The SMILES string of the molecule is Cl.O=C(C1CC1c1cccc(F)c1F)N1CCC(N2CCNCC2)C1. The molecule has 7 heteroatoms. The van der Waals surface area contributed by atoms with E-state index in [9.17, 15) is 13.6 Å². The molecule has 1 amide bonds. The molecule has 4 nitrogen and oxygen atoms in total. The number of hydrogen-bond donors (Lipinski definition) is 1. The molecule has 0 bridgehead atoms. The van der Waals surface area contributed by atoms with Gasteiger partial charge in [0.2, 0.25) is 5.91 Å². The van der Waals surface area contributed by atoms with Gasteiger partial charge in [-0.15, -0.1) is 12.4 Å². The zero-order valence-electron chi connectivity index (χ0n) is 14.1. The summed E-state index contributed by atoms with van der Waals surface area (Å²) in [7, 11) is 0. The third-order valence-electron chi connectivity index (χ3n) is 5.63. The van der Waals surface area contributed by atoms with Crippen molar-refractivity contribution in [1.82, 2.24) is 15.1 Å². The number of carbonyl (C=O) groups excluding carboxylic acids is 1. The fourth-order valence-electron chi connectivity index (χ4n) is 4.14. The van der Waals surface area contributed by atoms with E-state index in [0.717, 1.165) is 51.8 Å². The van der Waals surface area contributed by atoms with E-state index >= 15 is 0 Å². The van der Waals surface area contributed by atoms with Crippen LogP contribution < -0.4 is 5.32 Å². The predicted molar refractivity (Wildman–Crippen MR) is 93.9 cm³/mol. The maximum atomic E-state index is 13.9. The number of carbonyl (C=O) groups is 1. The Morgan fingerprint density at radius 1 is 1.16 bits per heavy atom. The fourth-order valence-corrected chi connectivity index (χ4v) is 4.14. The summed E-state index contributed by atoms with van der Waals surface area (Å²) < 4.78 is 27.3. The molecule has 25 heavy (non-hydrogen) atoms. The smallest absolute Gasteiger partial charge is 0.226 e. The number of piperazine rings is 1. The van der Waals surface area contributed by atoms with E-state index in [2.05, 4.69) is 10.2 Å². The lowest BCUT2D eigenvalue weighted by Crippen LogP contribution is -2.49. The van der Waals surface area contributed by atoms with Gasteiger partial charge in [0.1, 0.15) is 0 Å². The van der Waals surface area contributed by atoms with E-state index < -0.39 is 11.6 Å². The highest BCUT2D eigenvalue weighted by Crippen LogP contribution is 2.49. The molecule has 4 rings (SSSR count). The van der Waals surface area contributed by atoms with Gasteiger partial charge in [-0.2, -0.15) is 0 Å². The summed E-state index contributed by atoms with van der Waals surface area (Å²) in [4.78, 5) is 17.1. The Labute approximate surface area is 153 Å². The second-order valence-electron chi connectivity index (χ2n) is 7.10. The Bertz CT molecular complexity index is 639. The van der Waals surface area contributed by atoms with Crippen molar-refractivity contribution in [2.75, 3.05) is 39.3 Å². The molecule has 1 aliphatic carbocycles. The van der Waals surface area contributed by atoms with Crippen LogP contribution in [0.4, 0.5) is 8.78 Å². The van der Waals surface area contributed by atoms with Gasteiger partial charge in [-0.1, -0.05) is 12.1 Å². The molecule has 3 unspecified atom stereocenters. The molecule has 138 valence electrons. The first-order valence-electron chi connectivity index (χ1n) is 8.82. The molecular weight excluding hydrogens is 348 g/mol. The first kappa shape index (κ1) is 18.5. The molecule has 1 aromatic rings. The Hall–Kier alpha value is -1.24. The van der Waals surface area contributed by atoms with Crippen LogP contribution in [0.1, 0.15) is 24.3 Å². The molecule has 0 aromatic heterocycles. The van der Waals surface area contributed by atoms with Crippen LogP contribution >= 0.6 is 12.4 Å². The molecular formula is C18H24ClF2N3O. The van der Waals surface area contributed by atoms with E-state index in [1.807, 2.05) is 4.90 Å². The van der Waals surface area contributed by atoms with Gasteiger partial charge in [0.15, 0.2) is 11.6 Å². The van der Waals surface area contributed by atoms with Crippen LogP contribution in [-0.2, 0) is 4.79 Å². The van der Waals surface area contributed by atoms with Gasteiger partial charge in [0, 0.05) is 51.2 Å². The van der Waals surface area contributed by atoms with Crippen LogP contribution in [0.3, 0.4) is 0 Å². The summed E-state index contributed by atoms with van der Waals surface area (Å²) in [5, 5.41) is 3.35. The van der Waals surface area contributed by atoms with Crippen LogP contribution in [0.15, 0.2) is 18.2 Å². The van der Waals surface area contributed by atoms with Gasteiger partial charge in [0.25, 0.3) is 0 Å². The summed E-state index contributed by atoms with van der Waals surface area (Å²) in [6.07, 6.45) is 1.64. The van der Waals surface area contributed by atoms with Crippen molar-refractivity contribution in [3.8, 4) is 0 Å². The summed E-state index contributed by atoms with van der Waals surface area (Å²) in [6.45, 7) is 5.64. The van der Waals surface area contributed by atoms with Crippen molar-refractivity contribution in [1.29, 1.82) is 0 Å². The number of nitrogens with zero attached hydrogens (tertiary/aromatic N) is 2. The maximum Gasteiger partial charge on any atom is 0.226 e. The second-order valence-corrected chi connectivity index (χ2v) is 7.10. The standard InChI is InChI=1S/C18H23F2N3O.ClH/c19-16-3-1-2-13(17(16)20)14-10-15(14)18(24)23-7-4-12(11-23)22-8-5-21-6-9-22;/h1-3,12,14-15,21H,4-11H2;1H. The minimum atomic E-state index is -0.828. The predicted octanol–water partition coefficient (Wildman–Crippen LogP) is 2.00. The van der Waals surface area contributed by atoms with E-state index in [0.29, 0.717) is 18.0 Å². The molecule has 1 N–H and O–H groups in total. The third-order valence-corrected chi connectivity index (χ3v) is 5.63. The summed E-state index contributed by atoms with van der Waals surface area (Å²) in [6, 6.07) is 4.68. The summed E-state index contributed by atoms with van der Waals surface area (Å²) >= 11 is 0. The van der Waals surface area contributed by atoms with Crippen molar-refractivity contribution in [2.24, 2.45) is 5.92 Å². The van der Waals surface area contributed by atoms with Crippen molar-refractivity contribution >= 4 is 18.3 Å². The zero-order chi connectivity index (χ0) is 16.7. The minimum Gasteiger partial charge on any atom is -0.341 e. The lowest BCUT2D eigenvalue weighted by atomic mass is 10.1. The first-order chi connectivity index (χ1) is 11.6. The van der Waals surface area contributed by atoms with Crippen LogP contribution in [0, 0.1) is 17.6 Å². The lowest BCUT2D eigenvalue weighted by molar-refractivity contribution is -0.131. The molecule has 2 saturated heterocycles. The highest BCUT2D eigenvalue weighted by Gasteiger charge is 2.48. The molecule has 0 radical (unpaired) electrons. The molecule has 0 spiro atoms. The normalized spacial score (nSPS) is 29.4. The Kier molecular flexibility index (Phi) is 5.61. The summed E-state index contributed by atoms with van der Waals surface area (Å²) in [5.41, 5.74) is 0.353. The van der Waals surface area contributed by atoms with Crippen LogP contribution in [-0.4, -0.2) is 61.0 Å². The monoisotopic (exact) mass is 371 g/mol. The minimum absolute atomic E-state index is 0. The number of hydrogen-bond acceptors (Lipinski definition) is 3. The number of benzene rings is 1.